The highest BCUT2D eigenvalue weighted by molar-refractivity contribution is 6.18. The molecule has 1 aliphatic heterocycles. The fourth-order valence-electron chi connectivity index (χ4n) is 6.86. The van der Waals surface area contributed by atoms with Gasteiger partial charge in [0.25, 0.3) is 0 Å². The number of para-hydroxylation sites is 1. The van der Waals surface area contributed by atoms with Crippen molar-refractivity contribution in [3.8, 4) is 0 Å². The van der Waals surface area contributed by atoms with Crippen LogP contribution in [-0.4, -0.2) is 16.6 Å². The van der Waals surface area contributed by atoms with Crippen LogP contribution in [0.4, 0.5) is 0 Å². The Bertz CT molecular complexity index is 1990. The third-order valence-electron chi connectivity index (χ3n) is 8.71. The maximum absolute atomic E-state index is 5.46. The molecular weight excluding hydrogens is 474 g/mol. The number of nitrogens with zero attached hydrogens (tertiary/aromatic N) is 2. The summed E-state index contributed by atoms with van der Waals surface area (Å²) in [7, 11) is 0. The lowest BCUT2D eigenvalue weighted by atomic mass is 9.76. The van der Waals surface area contributed by atoms with E-state index in [1.165, 1.54) is 49.3 Å². The number of allylic oxidation sites excluding steroid dienone is 5. The lowest BCUT2D eigenvalue weighted by Gasteiger charge is -2.35. The third-order valence-corrected chi connectivity index (χ3v) is 8.71. The molecule has 0 bridgehead atoms. The standard InChI is InChI=1S/C36H29N3/c1-36(2)29-19-11-9-18-27(29)34-32(36)33(23-13-5-3-4-6-14-23)37-35(38-34)39-30-20-12-10-17-26(30)28-21-24-15-7-8-16-25(24)22-31(28)39/h3-13,15-22,33H,14H2,1-2H3,(H,37,38). The van der Waals surface area contributed by atoms with Crippen LogP contribution in [0.3, 0.4) is 0 Å². The Morgan fingerprint density at radius 2 is 1.56 bits per heavy atom. The van der Waals surface area contributed by atoms with Gasteiger partial charge in [0.2, 0.25) is 5.96 Å². The molecule has 0 saturated heterocycles. The Balaban J connectivity index is 1.44. The van der Waals surface area contributed by atoms with Crippen LogP contribution in [0.1, 0.15) is 31.4 Å². The molecule has 0 radical (unpaired) electrons. The largest absolute Gasteiger partial charge is 0.345 e. The van der Waals surface area contributed by atoms with E-state index in [0.717, 1.165) is 23.6 Å². The highest BCUT2D eigenvalue weighted by Crippen LogP contribution is 2.50. The second-order valence-corrected chi connectivity index (χ2v) is 11.3. The number of fused-ring (bicyclic) bond motifs is 6. The second kappa shape index (κ2) is 8.18. The first-order valence-electron chi connectivity index (χ1n) is 13.8. The Morgan fingerprint density at radius 1 is 0.795 bits per heavy atom. The van der Waals surface area contributed by atoms with Gasteiger partial charge in [0.1, 0.15) is 0 Å². The minimum Gasteiger partial charge on any atom is -0.345 e. The monoisotopic (exact) mass is 503 g/mol. The smallest absolute Gasteiger partial charge is 0.209 e. The fraction of sp³-hybridized carbons (Fsp3) is 0.139. The predicted octanol–water partition coefficient (Wildman–Crippen LogP) is 8.27. The number of nitrogens with one attached hydrogen (secondary N) is 1. The van der Waals surface area contributed by atoms with Gasteiger partial charge in [0, 0.05) is 21.8 Å². The maximum atomic E-state index is 5.46. The lowest BCUT2D eigenvalue weighted by molar-refractivity contribution is 0.565. The summed E-state index contributed by atoms with van der Waals surface area (Å²) in [5.41, 5.74) is 8.62. The molecule has 0 fully saturated rings. The molecule has 0 saturated carbocycles. The van der Waals surface area contributed by atoms with Crippen LogP contribution >= 0.6 is 0 Å². The first-order chi connectivity index (χ1) is 19.1. The van der Waals surface area contributed by atoms with Crippen molar-refractivity contribution in [3.63, 3.8) is 0 Å². The van der Waals surface area contributed by atoms with Crippen LogP contribution in [0, 0.1) is 0 Å². The van der Waals surface area contributed by atoms with Gasteiger partial charge >= 0.3 is 0 Å². The Morgan fingerprint density at radius 3 is 2.46 bits per heavy atom. The molecule has 1 atom stereocenters. The van der Waals surface area contributed by atoms with Gasteiger partial charge < -0.3 is 5.32 Å². The summed E-state index contributed by atoms with van der Waals surface area (Å²) in [6.45, 7) is 4.69. The van der Waals surface area contributed by atoms with E-state index >= 15 is 0 Å². The summed E-state index contributed by atoms with van der Waals surface area (Å²) in [4.78, 5) is 5.46. The maximum Gasteiger partial charge on any atom is 0.209 e. The molecule has 5 aromatic rings. The van der Waals surface area contributed by atoms with E-state index in [4.69, 9.17) is 4.99 Å². The first-order valence-corrected chi connectivity index (χ1v) is 13.8. The minimum absolute atomic E-state index is 0.0407. The SMILES string of the molecule is CC1(C)C2=C(N=C(n3c4ccccc4c4cc5ccccc5cc43)NC2C2=CC=CC=CC2)c2ccccc21. The summed E-state index contributed by atoms with van der Waals surface area (Å²) >= 11 is 0. The van der Waals surface area contributed by atoms with Crippen molar-refractivity contribution in [1.82, 2.24) is 9.88 Å². The van der Waals surface area contributed by atoms with Crippen molar-refractivity contribution in [2.45, 2.75) is 31.7 Å². The van der Waals surface area contributed by atoms with Gasteiger partial charge in [-0.25, -0.2) is 4.99 Å². The molecule has 2 heterocycles. The highest BCUT2D eigenvalue weighted by atomic mass is 15.2. The topological polar surface area (TPSA) is 29.3 Å². The van der Waals surface area contributed by atoms with E-state index in [1.54, 1.807) is 0 Å². The van der Waals surface area contributed by atoms with Crippen molar-refractivity contribution in [1.29, 1.82) is 0 Å². The van der Waals surface area contributed by atoms with E-state index in [2.05, 4.69) is 139 Å². The first kappa shape index (κ1) is 22.4. The number of hydrogen-bond acceptors (Lipinski definition) is 2. The molecule has 1 unspecified atom stereocenters. The van der Waals surface area contributed by atoms with Gasteiger partial charge in [-0.05, 0) is 52.1 Å². The van der Waals surface area contributed by atoms with Crippen LogP contribution < -0.4 is 5.32 Å². The molecule has 8 rings (SSSR count). The fourth-order valence-corrected chi connectivity index (χ4v) is 6.86. The van der Waals surface area contributed by atoms with Crippen molar-refractivity contribution in [3.05, 3.63) is 138 Å². The zero-order valence-corrected chi connectivity index (χ0v) is 22.1. The molecule has 2 aliphatic carbocycles. The molecule has 0 amide bonds. The molecule has 3 aliphatic rings. The average Bonchev–Trinajstić information content (AvgIpc) is 3.22. The van der Waals surface area contributed by atoms with Gasteiger partial charge in [-0.1, -0.05) is 111 Å². The zero-order valence-electron chi connectivity index (χ0n) is 22.1. The van der Waals surface area contributed by atoms with Crippen molar-refractivity contribution in [2.75, 3.05) is 0 Å². The van der Waals surface area contributed by atoms with Crippen LogP contribution in [0.5, 0.6) is 0 Å². The predicted molar refractivity (Wildman–Crippen MR) is 164 cm³/mol. The molecule has 1 N–H and O–H groups in total. The third kappa shape index (κ3) is 3.20. The molecule has 3 nitrogen and oxygen atoms in total. The Hall–Kier alpha value is -4.63. The summed E-state index contributed by atoms with van der Waals surface area (Å²) < 4.78 is 2.34. The lowest BCUT2D eigenvalue weighted by Crippen LogP contribution is -2.46. The van der Waals surface area contributed by atoms with E-state index in [9.17, 15) is 0 Å². The number of hydrogen-bond donors (Lipinski definition) is 1. The average molecular weight is 504 g/mol. The summed E-state index contributed by atoms with van der Waals surface area (Å²) in [5, 5.41) is 8.94. The number of rotatable bonds is 1. The van der Waals surface area contributed by atoms with Crippen molar-refractivity contribution >= 4 is 44.2 Å². The quantitative estimate of drug-likeness (QED) is 0.245. The van der Waals surface area contributed by atoms with Gasteiger partial charge in [-0.3, -0.25) is 4.57 Å². The Kier molecular flexibility index (Phi) is 4.69. The van der Waals surface area contributed by atoms with Gasteiger partial charge in [-0.2, -0.15) is 0 Å². The summed E-state index contributed by atoms with van der Waals surface area (Å²) in [6.07, 6.45) is 11.9. The molecule has 0 spiro atoms. The van der Waals surface area contributed by atoms with E-state index in [0.29, 0.717) is 0 Å². The summed E-state index contributed by atoms with van der Waals surface area (Å²) in [6, 6.07) is 30.8. The molecular formula is C36H29N3. The zero-order chi connectivity index (χ0) is 26.1. The van der Waals surface area contributed by atoms with E-state index in [1.807, 2.05) is 0 Å². The number of aliphatic imine (C=N–C) groups is 1. The number of benzene rings is 4. The van der Waals surface area contributed by atoms with Gasteiger partial charge in [0.05, 0.1) is 22.8 Å². The van der Waals surface area contributed by atoms with Crippen LogP contribution in [0.15, 0.2) is 131 Å². The highest BCUT2D eigenvalue weighted by Gasteiger charge is 2.44. The van der Waals surface area contributed by atoms with Crippen LogP contribution in [0.2, 0.25) is 0 Å². The van der Waals surface area contributed by atoms with E-state index in [-0.39, 0.29) is 11.5 Å². The van der Waals surface area contributed by atoms with Gasteiger partial charge in [-0.15, -0.1) is 0 Å². The van der Waals surface area contributed by atoms with Crippen LogP contribution in [-0.2, 0) is 5.41 Å². The molecule has 3 heteroatoms. The summed E-state index contributed by atoms with van der Waals surface area (Å²) in [5.74, 6) is 0.880. The molecule has 39 heavy (non-hydrogen) atoms. The molecule has 188 valence electrons. The minimum atomic E-state index is -0.129. The molecule has 1 aromatic heterocycles. The van der Waals surface area contributed by atoms with Crippen molar-refractivity contribution in [2.24, 2.45) is 4.99 Å². The number of aromatic nitrogens is 1. The normalized spacial score (nSPS) is 19.6. The molecule has 4 aromatic carbocycles. The van der Waals surface area contributed by atoms with Gasteiger partial charge in [0.15, 0.2) is 0 Å². The second-order valence-electron chi connectivity index (χ2n) is 11.3. The van der Waals surface area contributed by atoms with Crippen molar-refractivity contribution < 1.29 is 0 Å². The van der Waals surface area contributed by atoms with E-state index < -0.39 is 0 Å². The van der Waals surface area contributed by atoms with Crippen LogP contribution in [0.25, 0.3) is 38.3 Å². The Labute approximate surface area is 228 Å².